The van der Waals surface area contributed by atoms with E-state index in [1.54, 1.807) is 48.7 Å². The number of aromatic nitrogens is 2. The molecule has 35 heavy (non-hydrogen) atoms. The van der Waals surface area contributed by atoms with E-state index in [-0.39, 0.29) is 6.61 Å². The molecule has 0 unspecified atom stereocenters. The molecule has 0 saturated carbocycles. The van der Waals surface area contributed by atoms with Gasteiger partial charge in [-0.1, -0.05) is 23.1 Å². The van der Waals surface area contributed by atoms with E-state index in [0.29, 0.717) is 29.0 Å². The molecule has 0 spiro atoms. The van der Waals surface area contributed by atoms with Crippen LogP contribution >= 0.6 is 11.3 Å². The van der Waals surface area contributed by atoms with Crippen molar-refractivity contribution < 1.29 is 23.2 Å². The lowest BCUT2D eigenvalue weighted by Crippen LogP contribution is -2.38. The number of benzene rings is 1. The molecule has 12 heteroatoms. The number of morpholine rings is 1. The number of hydrogen-bond acceptors (Lipinski definition) is 11. The molecule has 4 rings (SSSR count). The molecule has 1 aliphatic rings. The fourth-order valence-electron chi connectivity index (χ4n) is 3.29. The lowest BCUT2D eigenvalue weighted by molar-refractivity contribution is 0.0320. The number of thiophene rings is 1. The highest BCUT2D eigenvalue weighted by Crippen LogP contribution is 2.32. The van der Waals surface area contributed by atoms with Gasteiger partial charge in [-0.05, 0) is 30.5 Å². The Hall–Kier alpha value is -3.06. The van der Waals surface area contributed by atoms with E-state index >= 15 is 0 Å². The van der Waals surface area contributed by atoms with E-state index in [4.69, 9.17) is 14.2 Å². The Morgan fingerprint density at radius 2 is 2.06 bits per heavy atom. The van der Waals surface area contributed by atoms with E-state index in [2.05, 4.69) is 24.5 Å². The number of nitrogens with zero attached hydrogens (tertiary/aromatic N) is 4. The van der Waals surface area contributed by atoms with Crippen LogP contribution in [-0.2, 0) is 24.3 Å². The maximum atomic E-state index is 12.2. The number of rotatable bonds is 9. The van der Waals surface area contributed by atoms with Crippen LogP contribution < -0.4 is 10.1 Å². The molecule has 1 aromatic carbocycles. The summed E-state index contributed by atoms with van der Waals surface area (Å²) in [6.45, 7) is 6.39. The van der Waals surface area contributed by atoms with E-state index < -0.39 is 16.7 Å². The van der Waals surface area contributed by atoms with Crippen LogP contribution in [0.25, 0.3) is 10.4 Å². The number of anilines is 2. The third-order valence-electron chi connectivity index (χ3n) is 5.03. The van der Waals surface area contributed by atoms with Crippen LogP contribution in [0.5, 0.6) is 5.88 Å². The maximum absolute atomic E-state index is 12.2. The van der Waals surface area contributed by atoms with Gasteiger partial charge in [0.1, 0.15) is 6.61 Å². The fraction of sp³-hybridized carbons (Fsp3) is 0.348. The molecule has 0 radical (unpaired) electrons. The third-order valence-corrected chi connectivity index (χ3v) is 6.92. The first kappa shape index (κ1) is 25.0. The second-order valence-electron chi connectivity index (χ2n) is 7.38. The first-order valence-corrected chi connectivity index (χ1v) is 13.1. The number of amides is 1. The number of carbonyl (C=O) groups excluding carboxylic acids is 1. The number of hydrogen-bond donors (Lipinski definition) is 1. The quantitative estimate of drug-likeness (QED) is 0.415. The average molecular weight is 517 g/mol. The minimum Gasteiger partial charge on any atom is -0.476 e. The van der Waals surface area contributed by atoms with Crippen molar-refractivity contribution in [3.63, 3.8) is 0 Å². The zero-order chi connectivity index (χ0) is 24.5. The Labute approximate surface area is 209 Å². The lowest BCUT2D eigenvalue weighted by Gasteiger charge is -2.26. The van der Waals surface area contributed by atoms with Gasteiger partial charge in [0.15, 0.2) is 0 Å². The summed E-state index contributed by atoms with van der Waals surface area (Å²) in [5.41, 5.74) is 1.52. The van der Waals surface area contributed by atoms with Crippen molar-refractivity contribution in [1.82, 2.24) is 14.9 Å². The molecule has 0 bridgehead atoms. The largest absolute Gasteiger partial charge is 0.476 e. The molecule has 1 fully saturated rings. The highest BCUT2D eigenvalue weighted by atomic mass is 32.2. The van der Waals surface area contributed by atoms with E-state index in [0.717, 1.165) is 43.3 Å². The molecule has 186 valence electrons. The standard InChI is InChI=1S/C23H26N5O5S2/c1-2-32-23(29)27-35(30)18-7-5-17(6-8-18)25-22-24-16-19(20-4-3-15-34-20)21(26-22)33-14-11-28-9-12-31-13-10-28/h3-8,15-16H,2,9-14H2,1H3,(H,24,25,26)/q-1. The van der Waals surface area contributed by atoms with Crippen molar-refractivity contribution in [2.45, 2.75) is 11.8 Å². The lowest BCUT2D eigenvalue weighted by atomic mass is 10.2. The van der Waals surface area contributed by atoms with Gasteiger partial charge < -0.3 is 23.7 Å². The minimum absolute atomic E-state index is 0.173. The summed E-state index contributed by atoms with van der Waals surface area (Å²) >= 11 is 1.59. The van der Waals surface area contributed by atoms with Crippen LogP contribution in [0.15, 0.2) is 57.2 Å². The van der Waals surface area contributed by atoms with Crippen molar-refractivity contribution in [1.29, 1.82) is 0 Å². The second kappa shape index (κ2) is 12.6. The topological polar surface area (TPSA) is 115 Å². The number of ether oxygens (including phenoxy) is 3. The molecule has 3 heterocycles. The van der Waals surface area contributed by atoms with Gasteiger partial charge in [0.2, 0.25) is 11.8 Å². The molecule has 3 aromatic rings. The summed E-state index contributed by atoms with van der Waals surface area (Å²) in [4.78, 5) is 24.2. The Morgan fingerprint density at radius 1 is 1.26 bits per heavy atom. The molecule has 0 atom stereocenters. The number of nitrogens with one attached hydrogen (secondary N) is 1. The predicted molar refractivity (Wildman–Crippen MR) is 134 cm³/mol. The predicted octanol–water partition coefficient (Wildman–Crippen LogP) is 4.32. The van der Waals surface area contributed by atoms with Crippen molar-refractivity contribution in [2.24, 2.45) is 4.36 Å². The van der Waals surface area contributed by atoms with Gasteiger partial charge in [-0.2, -0.15) is 4.98 Å². The van der Waals surface area contributed by atoms with Gasteiger partial charge in [0, 0.05) is 36.4 Å². The summed E-state index contributed by atoms with van der Waals surface area (Å²) in [5.74, 6) is 0.876. The van der Waals surface area contributed by atoms with Crippen molar-refractivity contribution in [3.05, 3.63) is 48.0 Å². The Bertz CT molecular complexity index is 1190. The highest BCUT2D eigenvalue weighted by molar-refractivity contribution is 7.75. The molecule has 1 amide bonds. The summed E-state index contributed by atoms with van der Waals surface area (Å²) < 4.78 is 31.9. The highest BCUT2D eigenvalue weighted by Gasteiger charge is 2.14. The van der Waals surface area contributed by atoms with Gasteiger partial charge in [0.05, 0.1) is 25.4 Å². The molecule has 2 aromatic heterocycles. The van der Waals surface area contributed by atoms with Gasteiger partial charge in [-0.3, -0.25) is 9.26 Å². The smallest absolute Gasteiger partial charge is 0.410 e. The van der Waals surface area contributed by atoms with Crippen LogP contribution in [0.1, 0.15) is 6.92 Å². The first-order chi connectivity index (χ1) is 17.1. The van der Waals surface area contributed by atoms with E-state index in [1.807, 2.05) is 17.5 Å². The summed E-state index contributed by atoms with van der Waals surface area (Å²) in [5, 5.41) is 5.14. The zero-order valence-corrected chi connectivity index (χ0v) is 20.8. The van der Waals surface area contributed by atoms with Crippen LogP contribution in [-0.4, -0.2) is 67.0 Å². The van der Waals surface area contributed by atoms with Crippen LogP contribution in [0.2, 0.25) is 0 Å². The Kier molecular flexibility index (Phi) is 9.01. The zero-order valence-electron chi connectivity index (χ0n) is 19.2. The molecule has 0 aliphatic carbocycles. The van der Waals surface area contributed by atoms with Gasteiger partial charge in [-0.25, -0.2) is 9.78 Å². The summed E-state index contributed by atoms with van der Waals surface area (Å²) in [6.07, 6.45) is 0.890. The minimum atomic E-state index is -1.84. The van der Waals surface area contributed by atoms with Crippen LogP contribution in [0.3, 0.4) is 0 Å². The number of carbonyl (C=O) groups is 1. The van der Waals surface area contributed by atoms with Crippen molar-refractivity contribution >= 4 is 39.7 Å². The van der Waals surface area contributed by atoms with Gasteiger partial charge in [-0.15, -0.1) is 21.9 Å². The average Bonchev–Trinajstić information content (AvgIpc) is 3.40. The van der Waals surface area contributed by atoms with Crippen LogP contribution in [0.4, 0.5) is 16.4 Å². The second-order valence-corrected chi connectivity index (χ2v) is 9.48. The van der Waals surface area contributed by atoms with Crippen LogP contribution in [0, 0.1) is 0 Å². The van der Waals surface area contributed by atoms with E-state index in [9.17, 15) is 9.00 Å². The first-order valence-electron chi connectivity index (χ1n) is 11.1. The maximum Gasteiger partial charge on any atom is 0.410 e. The molecule has 1 saturated heterocycles. The van der Waals surface area contributed by atoms with Crippen molar-refractivity contribution in [2.75, 3.05) is 51.4 Å². The molecule has 10 nitrogen and oxygen atoms in total. The normalized spacial score (nSPS) is 15.0. The molecular weight excluding hydrogens is 490 g/mol. The Balaban J connectivity index is 1.46. The summed E-state index contributed by atoms with van der Waals surface area (Å²) in [7, 11) is -1.84. The van der Waals surface area contributed by atoms with Crippen molar-refractivity contribution in [3.8, 4) is 16.3 Å². The Morgan fingerprint density at radius 3 is 2.77 bits per heavy atom. The van der Waals surface area contributed by atoms with E-state index in [1.165, 1.54) is 0 Å². The molecule has 1 N–H and O–H groups in total. The molecular formula is C23H26N5O5S2-. The summed E-state index contributed by atoms with van der Waals surface area (Å²) in [6, 6.07) is 10.6. The third kappa shape index (κ3) is 7.21. The van der Waals surface area contributed by atoms with Gasteiger partial charge in [0.25, 0.3) is 0 Å². The van der Waals surface area contributed by atoms with Gasteiger partial charge >= 0.3 is 6.09 Å². The fourth-order valence-corrected chi connectivity index (χ4v) is 4.68. The monoisotopic (exact) mass is 516 g/mol. The molecule has 1 aliphatic heterocycles. The SMILES string of the molecule is CCOC(=O)N=[S-](=O)c1ccc(Nc2ncc(-c3cccs3)c(OCCN3CCOCC3)n2)cc1.